The molecule has 18 heavy (non-hydrogen) atoms. The van der Waals surface area contributed by atoms with Gasteiger partial charge in [-0.15, -0.1) is 0 Å². The Labute approximate surface area is 104 Å². The van der Waals surface area contributed by atoms with E-state index >= 15 is 0 Å². The van der Waals surface area contributed by atoms with Crippen LogP contribution in [-0.2, 0) is 9.59 Å². The fourth-order valence-electron chi connectivity index (χ4n) is 2.64. The van der Waals surface area contributed by atoms with Crippen molar-refractivity contribution < 1.29 is 14.7 Å². The predicted molar refractivity (Wildman–Crippen MR) is 63.5 cm³/mol. The summed E-state index contributed by atoms with van der Waals surface area (Å²) in [5.41, 5.74) is 0.774. The molecule has 2 aliphatic rings. The summed E-state index contributed by atoms with van der Waals surface area (Å²) in [7, 11) is 0. The molecule has 0 aliphatic carbocycles. The molecule has 94 valence electrons. The lowest BCUT2D eigenvalue weighted by atomic mass is 10.0. The molecule has 5 heteroatoms. The van der Waals surface area contributed by atoms with Gasteiger partial charge in [-0.25, -0.2) is 0 Å². The van der Waals surface area contributed by atoms with Crippen LogP contribution >= 0.6 is 0 Å². The van der Waals surface area contributed by atoms with Gasteiger partial charge in [0.05, 0.1) is 6.10 Å². The van der Waals surface area contributed by atoms with Gasteiger partial charge in [-0.2, -0.15) is 0 Å². The van der Waals surface area contributed by atoms with Gasteiger partial charge in [0.25, 0.3) is 5.91 Å². The van der Waals surface area contributed by atoms with Crippen LogP contribution in [0.25, 0.3) is 0 Å². The molecule has 2 N–H and O–H groups in total. The number of aliphatic hydroxyl groups excluding tert-OH is 1. The second-order valence-electron chi connectivity index (χ2n) is 4.75. The van der Waals surface area contributed by atoms with Gasteiger partial charge in [0.1, 0.15) is 12.1 Å². The normalized spacial score (nSPS) is 31.2. The molecular weight excluding hydrogens is 232 g/mol. The fraction of sp³-hybridized carbons (Fsp3) is 0.385. The van der Waals surface area contributed by atoms with Gasteiger partial charge in [0.15, 0.2) is 0 Å². The van der Waals surface area contributed by atoms with E-state index < -0.39 is 18.2 Å². The number of nitrogens with one attached hydrogen (secondary N) is 1. The van der Waals surface area contributed by atoms with Gasteiger partial charge in [0, 0.05) is 13.0 Å². The number of carbonyl (C=O) groups excluding carboxylic acids is 2. The molecule has 3 atom stereocenters. The molecule has 0 spiro atoms. The van der Waals surface area contributed by atoms with E-state index in [1.807, 2.05) is 30.3 Å². The summed E-state index contributed by atoms with van der Waals surface area (Å²) in [5, 5.41) is 12.3. The molecule has 0 saturated carbocycles. The zero-order valence-corrected chi connectivity index (χ0v) is 9.74. The Morgan fingerprint density at radius 2 is 1.94 bits per heavy atom. The third kappa shape index (κ3) is 1.67. The summed E-state index contributed by atoms with van der Waals surface area (Å²) in [6.07, 6.45) is -0.266. The first-order chi connectivity index (χ1) is 8.66. The molecule has 2 saturated heterocycles. The van der Waals surface area contributed by atoms with Gasteiger partial charge in [-0.1, -0.05) is 30.3 Å². The maximum Gasteiger partial charge on any atom is 0.250 e. The van der Waals surface area contributed by atoms with Crippen LogP contribution in [0.4, 0.5) is 0 Å². The summed E-state index contributed by atoms with van der Waals surface area (Å²) >= 11 is 0. The third-order valence-electron chi connectivity index (χ3n) is 3.53. The average Bonchev–Trinajstić information content (AvgIpc) is 2.78. The maximum atomic E-state index is 12.3. The van der Waals surface area contributed by atoms with Gasteiger partial charge >= 0.3 is 0 Å². The molecule has 2 fully saturated rings. The molecule has 0 radical (unpaired) electrons. The molecule has 1 aromatic carbocycles. The summed E-state index contributed by atoms with van der Waals surface area (Å²) in [6.45, 7) is 0.250. The average molecular weight is 246 g/mol. The highest BCUT2D eigenvalue weighted by Gasteiger charge is 2.46. The first-order valence-electron chi connectivity index (χ1n) is 6.00. The molecular formula is C13H14N2O3. The van der Waals surface area contributed by atoms with Crippen molar-refractivity contribution in [3.63, 3.8) is 0 Å². The lowest BCUT2D eigenvalue weighted by Crippen LogP contribution is -2.56. The number of hydrogen-bond acceptors (Lipinski definition) is 3. The smallest absolute Gasteiger partial charge is 0.250 e. The maximum absolute atomic E-state index is 12.3. The molecule has 0 bridgehead atoms. The first-order valence-corrected chi connectivity index (χ1v) is 6.00. The Kier molecular flexibility index (Phi) is 2.56. The summed E-state index contributed by atoms with van der Waals surface area (Å²) in [5.74, 6) is -0.317. The van der Waals surface area contributed by atoms with Crippen LogP contribution in [0.15, 0.2) is 30.3 Å². The van der Waals surface area contributed by atoms with Crippen molar-refractivity contribution in [3.8, 4) is 0 Å². The second-order valence-corrected chi connectivity index (χ2v) is 4.75. The highest BCUT2D eigenvalue weighted by molar-refractivity contribution is 5.98. The molecule has 0 aromatic heterocycles. The molecule has 1 aromatic rings. The number of piperazine rings is 1. The standard InChI is InChI=1S/C13H14N2O3/c16-9-6-10-12(17)14-11(13(18)15(10)7-9)8-4-2-1-3-5-8/h1-5,9-11,16H,6-7H2,(H,14,17)/t9-,10+,11-/m1/s1. The van der Waals surface area contributed by atoms with E-state index in [-0.39, 0.29) is 18.4 Å². The minimum atomic E-state index is -0.625. The number of rotatable bonds is 1. The molecule has 2 heterocycles. The van der Waals surface area contributed by atoms with E-state index in [0.717, 1.165) is 5.56 Å². The lowest BCUT2D eigenvalue weighted by molar-refractivity contribution is -0.147. The Balaban J connectivity index is 1.91. The van der Waals surface area contributed by atoms with Crippen molar-refractivity contribution in [1.29, 1.82) is 0 Å². The summed E-state index contributed by atoms with van der Waals surface area (Å²) < 4.78 is 0. The van der Waals surface area contributed by atoms with Crippen LogP contribution in [0.1, 0.15) is 18.0 Å². The van der Waals surface area contributed by atoms with Crippen molar-refractivity contribution in [2.45, 2.75) is 24.6 Å². The number of fused-ring (bicyclic) bond motifs is 1. The minimum absolute atomic E-state index is 0.137. The molecule has 0 unspecified atom stereocenters. The van der Waals surface area contributed by atoms with Crippen molar-refractivity contribution >= 4 is 11.8 Å². The highest BCUT2D eigenvalue weighted by atomic mass is 16.3. The number of benzene rings is 1. The number of hydrogen-bond donors (Lipinski definition) is 2. The molecule has 3 rings (SSSR count). The van der Waals surface area contributed by atoms with Crippen molar-refractivity contribution in [3.05, 3.63) is 35.9 Å². The molecule has 5 nitrogen and oxygen atoms in total. The Bertz CT molecular complexity index is 488. The molecule has 2 amide bonds. The van der Waals surface area contributed by atoms with Crippen LogP contribution in [-0.4, -0.2) is 40.5 Å². The third-order valence-corrected chi connectivity index (χ3v) is 3.53. The quantitative estimate of drug-likeness (QED) is 0.722. The van der Waals surface area contributed by atoms with E-state index in [2.05, 4.69) is 5.32 Å². The van der Waals surface area contributed by atoms with Crippen molar-refractivity contribution in [2.75, 3.05) is 6.54 Å². The lowest BCUT2D eigenvalue weighted by Gasteiger charge is -2.34. The SMILES string of the molecule is O=C1N[C@H](c2ccccc2)C(=O)N2C[C@H](O)C[C@@H]12. The van der Waals surface area contributed by atoms with Gasteiger partial charge in [0.2, 0.25) is 5.91 Å². The van der Waals surface area contributed by atoms with E-state index in [1.54, 1.807) is 0 Å². The van der Waals surface area contributed by atoms with Gasteiger partial charge in [-0.3, -0.25) is 9.59 Å². The number of carbonyl (C=O) groups is 2. The van der Waals surface area contributed by atoms with Crippen LogP contribution < -0.4 is 5.32 Å². The van der Waals surface area contributed by atoms with Gasteiger partial charge in [-0.05, 0) is 5.56 Å². The first kappa shape index (κ1) is 11.2. The van der Waals surface area contributed by atoms with E-state index in [0.29, 0.717) is 6.42 Å². The van der Waals surface area contributed by atoms with Gasteiger partial charge < -0.3 is 15.3 Å². The van der Waals surface area contributed by atoms with Crippen LogP contribution in [0.2, 0.25) is 0 Å². The minimum Gasteiger partial charge on any atom is -0.391 e. The van der Waals surface area contributed by atoms with E-state index in [4.69, 9.17) is 0 Å². The predicted octanol–water partition coefficient (Wildman–Crippen LogP) is -0.181. The number of aliphatic hydroxyl groups is 1. The van der Waals surface area contributed by atoms with E-state index in [1.165, 1.54) is 4.90 Å². The zero-order valence-electron chi connectivity index (χ0n) is 9.74. The van der Waals surface area contributed by atoms with E-state index in [9.17, 15) is 14.7 Å². The summed E-state index contributed by atoms with van der Waals surface area (Å²) in [4.78, 5) is 25.7. The fourth-order valence-corrected chi connectivity index (χ4v) is 2.64. The van der Waals surface area contributed by atoms with Crippen LogP contribution in [0.5, 0.6) is 0 Å². The summed E-state index contributed by atoms with van der Waals surface area (Å²) in [6, 6.07) is 8.03. The van der Waals surface area contributed by atoms with Crippen molar-refractivity contribution in [1.82, 2.24) is 10.2 Å². The number of amides is 2. The Morgan fingerprint density at radius 3 is 2.67 bits per heavy atom. The zero-order chi connectivity index (χ0) is 12.7. The molecule has 2 aliphatic heterocycles. The number of nitrogens with zero attached hydrogens (tertiary/aromatic N) is 1. The van der Waals surface area contributed by atoms with Crippen LogP contribution in [0.3, 0.4) is 0 Å². The monoisotopic (exact) mass is 246 g/mol. The van der Waals surface area contributed by atoms with Crippen LogP contribution in [0, 0.1) is 0 Å². The topological polar surface area (TPSA) is 69.6 Å². The second kappa shape index (κ2) is 4.10. The Morgan fingerprint density at radius 1 is 1.22 bits per heavy atom. The highest BCUT2D eigenvalue weighted by Crippen LogP contribution is 2.28. The Hall–Kier alpha value is -1.88. The largest absolute Gasteiger partial charge is 0.391 e. The van der Waals surface area contributed by atoms with Crippen molar-refractivity contribution in [2.24, 2.45) is 0 Å².